The highest BCUT2D eigenvalue weighted by Crippen LogP contribution is 2.23. The molecular formula is C16H11Cl2NO2. The van der Waals surface area contributed by atoms with E-state index < -0.39 is 5.97 Å². The van der Waals surface area contributed by atoms with E-state index >= 15 is 0 Å². The number of carbonyl (C=O) groups excluding carboxylic acids is 1. The van der Waals surface area contributed by atoms with Gasteiger partial charge in [0.05, 0.1) is 28.1 Å². The summed E-state index contributed by atoms with van der Waals surface area (Å²) in [6.07, 6.45) is 0.165. The van der Waals surface area contributed by atoms with Crippen LogP contribution in [0.5, 0.6) is 0 Å². The van der Waals surface area contributed by atoms with Gasteiger partial charge in [-0.05, 0) is 29.3 Å². The van der Waals surface area contributed by atoms with E-state index in [4.69, 9.17) is 33.2 Å². The first-order valence-electron chi connectivity index (χ1n) is 6.17. The molecule has 21 heavy (non-hydrogen) atoms. The Balaban J connectivity index is 2.08. The van der Waals surface area contributed by atoms with E-state index in [-0.39, 0.29) is 13.0 Å². The minimum absolute atomic E-state index is 0.0939. The Labute approximate surface area is 132 Å². The maximum atomic E-state index is 12.1. The standard InChI is InChI=1S/C16H11Cl2NO2/c17-14-6-5-11(9-15(14)18)10-21-16(20)13-4-2-1-3-12(13)7-8-19/h1-6,9H,7,10H2. The van der Waals surface area contributed by atoms with Crippen LogP contribution in [0.3, 0.4) is 0 Å². The highest BCUT2D eigenvalue weighted by Gasteiger charge is 2.12. The number of halogens is 2. The molecule has 0 aliphatic carbocycles. The van der Waals surface area contributed by atoms with Crippen molar-refractivity contribution in [2.24, 2.45) is 0 Å². The van der Waals surface area contributed by atoms with Gasteiger partial charge in [0.15, 0.2) is 0 Å². The molecule has 0 spiro atoms. The van der Waals surface area contributed by atoms with Crippen molar-refractivity contribution in [3.8, 4) is 6.07 Å². The number of nitrogens with zero attached hydrogens (tertiary/aromatic N) is 1. The molecule has 0 amide bonds. The lowest BCUT2D eigenvalue weighted by Crippen LogP contribution is -2.08. The summed E-state index contributed by atoms with van der Waals surface area (Å²) in [5.74, 6) is -0.466. The molecule has 3 nitrogen and oxygen atoms in total. The zero-order valence-corrected chi connectivity index (χ0v) is 12.5. The summed E-state index contributed by atoms with van der Waals surface area (Å²) in [6, 6.07) is 14.0. The van der Waals surface area contributed by atoms with Crippen molar-refractivity contribution < 1.29 is 9.53 Å². The van der Waals surface area contributed by atoms with Crippen molar-refractivity contribution in [2.45, 2.75) is 13.0 Å². The van der Waals surface area contributed by atoms with Crippen molar-refractivity contribution >= 4 is 29.2 Å². The molecule has 5 heteroatoms. The molecule has 106 valence electrons. The normalized spacial score (nSPS) is 9.95. The maximum Gasteiger partial charge on any atom is 0.338 e. The van der Waals surface area contributed by atoms with Gasteiger partial charge in [0.2, 0.25) is 0 Å². The number of benzene rings is 2. The fourth-order valence-electron chi connectivity index (χ4n) is 1.81. The summed E-state index contributed by atoms with van der Waals surface area (Å²) < 4.78 is 5.25. The summed E-state index contributed by atoms with van der Waals surface area (Å²) in [5, 5.41) is 9.62. The summed E-state index contributed by atoms with van der Waals surface area (Å²) in [6.45, 7) is 0.0939. The van der Waals surface area contributed by atoms with E-state index in [1.54, 1.807) is 42.5 Å². The lowest BCUT2D eigenvalue weighted by molar-refractivity contribution is 0.0471. The molecule has 2 rings (SSSR count). The quantitative estimate of drug-likeness (QED) is 0.784. The van der Waals surface area contributed by atoms with Crippen molar-refractivity contribution in [1.82, 2.24) is 0 Å². The van der Waals surface area contributed by atoms with Crippen molar-refractivity contribution in [1.29, 1.82) is 5.26 Å². The largest absolute Gasteiger partial charge is 0.457 e. The van der Waals surface area contributed by atoms with Gasteiger partial charge >= 0.3 is 5.97 Å². The minimum Gasteiger partial charge on any atom is -0.457 e. The second kappa shape index (κ2) is 7.12. The van der Waals surface area contributed by atoms with Gasteiger partial charge in [-0.2, -0.15) is 5.26 Å². The fraction of sp³-hybridized carbons (Fsp3) is 0.125. The SMILES string of the molecule is N#CCc1ccccc1C(=O)OCc1ccc(Cl)c(Cl)c1. The molecule has 0 N–H and O–H groups in total. The predicted octanol–water partition coefficient (Wildman–Crippen LogP) is 4.42. The zero-order valence-electron chi connectivity index (χ0n) is 11.0. The second-order valence-electron chi connectivity index (χ2n) is 4.32. The number of hydrogen-bond donors (Lipinski definition) is 0. The van der Waals surface area contributed by atoms with Gasteiger partial charge in [-0.3, -0.25) is 0 Å². The fourth-order valence-corrected chi connectivity index (χ4v) is 2.14. The van der Waals surface area contributed by atoms with E-state index in [1.807, 2.05) is 6.07 Å². The number of nitriles is 1. The highest BCUT2D eigenvalue weighted by molar-refractivity contribution is 6.42. The summed E-state index contributed by atoms with van der Waals surface area (Å²) in [7, 11) is 0. The predicted molar refractivity (Wildman–Crippen MR) is 81.3 cm³/mol. The molecule has 0 saturated heterocycles. The number of ether oxygens (including phenoxy) is 1. The molecule has 0 radical (unpaired) electrons. The van der Waals surface area contributed by atoms with Gasteiger partial charge in [0.1, 0.15) is 6.61 Å². The number of carbonyl (C=O) groups is 1. The van der Waals surface area contributed by atoms with Gasteiger partial charge in [-0.15, -0.1) is 0 Å². The third kappa shape index (κ3) is 3.98. The van der Waals surface area contributed by atoms with E-state index in [9.17, 15) is 4.79 Å². The smallest absolute Gasteiger partial charge is 0.338 e. The summed E-state index contributed by atoms with van der Waals surface area (Å²) >= 11 is 11.7. The van der Waals surface area contributed by atoms with E-state index in [0.717, 1.165) is 5.56 Å². The molecular weight excluding hydrogens is 309 g/mol. The molecule has 0 unspecified atom stereocenters. The third-order valence-corrected chi connectivity index (χ3v) is 3.60. The van der Waals surface area contributed by atoms with Crippen molar-refractivity contribution in [3.63, 3.8) is 0 Å². The first-order valence-corrected chi connectivity index (χ1v) is 6.93. The maximum absolute atomic E-state index is 12.1. The summed E-state index contributed by atoms with van der Waals surface area (Å²) in [4.78, 5) is 12.1. The van der Waals surface area contributed by atoms with Crippen LogP contribution in [0.15, 0.2) is 42.5 Å². The Kier molecular flexibility index (Phi) is 5.21. The zero-order chi connectivity index (χ0) is 15.2. The first kappa shape index (κ1) is 15.4. The molecule has 0 saturated carbocycles. The Hall–Kier alpha value is -2.02. The monoisotopic (exact) mass is 319 g/mol. The molecule has 0 aromatic heterocycles. The molecule has 2 aromatic rings. The van der Waals surface area contributed by atoms with Gasteiger partial charge < -0.3 is 4.74 Å². The van der Waals surface area contributed by atoms with E-state index in [0.29, 0.717) is 21.2 Å². The van der Waals surface area contributed by atoms with Crippen LogP contribution in [0.2, 0.25) is 10.0 Å². The Bertz CT molecular complexity index is 708. The van der Waals surface area contributed by atoms with E-state index in [1.165, 1.54) is 0 Å². The number of esters is 1. The number of hydrogen-bond acceptors (Lipinski definition) is 3. The average molecular weight is 320 g/mol. The van der Waals surface area contributed by atoms with Crippen molar-refractivity contribution in [3.05, 3.63) is 69.2 Å². The Morgan fingerprint density at radius 2 is 1.90 bits per heavy atom. The van der Waals surface area contributed by atoms with Crippen LogP contribution in [0.4, 0.5) is 0 Å². The van der Waals surface area contributed by atoms with Gasteiger partial charge in [0.25, 0.3) is 0 Å². The lowest BCUT2D eigenvalue weighted by Gasteiger charge is -2.08. The van der Waals surface area contributed by atoms with Crippen LogP contribution in [-0.2, 0) is 17.8 Å². The molecule has 0 aliphatic heterocycles. The summed E-state index contributed by atoms with van der Waals surface area (Å²) in [5.41, 5.74) is 1.80. The van der Waals surface area contributed by atoms with Gasteiger partial charge in [-0.1, -0.05) is 47.5 Å². The Morgan fingerprint density at radius 1 is 1.14 bits per heavy atom. The lowest BCUT2D eigenvalue weighted by atomic mass is 10.1. The highest BCUT2D eigenvalue weighted by atomic mass is 35.5. The second-order valence-corrected chi connectivity index (χ2v) is 5.13. The Morgan fingerprint density at radius 3 is 2.62 bits per heavy atom. The minimum atomic E-state index is -0.466. The van der Waals surface area contributed by atoms with Gasteiger partial charge in [0, 0.05) is 0 Å². The van der Waals surface area contributed by atoms with Crippen LogP contribution in [0, 0.1) is 11.3 Å². The molecule has 0 heterocycles. The van der Waals surface area contributed by atoms with Gasteiger partial charge in [-0.25, -0.2) is 4.79 Å². The number of rotatable bonds is 4. The third-order valence-electron chi connectivity index (χ3n) is 2.86. The molecule has 0 fully saturated rings. The van der Waals surface area contributed by atoms with Crippen LogP contribution >= 0.6 is 23.2 Å². The first-order chi connectivity index (χ1) is 10.1. The average Bonchev–Trinajstić information content (AvgIpc) is 2.49. The molecule has 0 aliphatic rings. The van der Waals surface area contributed by atoms with Crippen LogP contribution in [-0.4, -0.2) is 5.97 Å². The topological polar surface area (TPSA) is 50.1 Å². The molecule has 2 aromatic carbocycles. The van der Waals surface area contributed by atoms with Crippen LogP contribution in [0.25, 0.3) is 0 Å². The van der Waals surface area contributed by atoms with E-state index in [2.05, 4.69) is 0 Å². The molecule has 0 bridgehead atoms. The van der Waals surface area contributed by atoms with Crippen molar-refractivity contribution in [2.75, 3.05) is 0 Å². The van der Waals surface area contributed by atoms with Crippen LogP contribution < -0.4 is 0 Å². The molecule has 0 atom stereocenters. The van der Waals surface area contributed by atoms with Crippen LogP contribution in [0.1, 0.15) is 21.5 Å².